The predicted octanol–water partition coefficient (Wildman–Crippen LogP) is 4.71. The molecule has 2 N–H and O–H groups in total. The van der Waals surface area contributed by atoms with Crippen LogP contribution in [0.25, 0.3) is 0 Å². The predicted molar refractivity (Wildman–Crippen MR) is 113 cm³/mol. The van der Waals surface area contributed by atoms with Crippen molar-refractivity contribution in [3.63, 3.8) is 0 Å². The molecule has 2 aromatic rings. The SMILES string of the molecule is CSc1ccc([C@H]2C(C#N)=C(N)N(c3ccccc3)C3=C2C(=O)CCC3)cc1. The highest BCUT2D eigenvalue weighted by Crippen LogP contribution is 2.46. The Bertz CT molecular complexity index is 1020. The lowest BCUT2D eigenvalue weighted by atomic mass is 9.75. The van der Waals surface area contributed by atoms with E-state index in [2.05, 4.69) is 6.07 Å². The van der Waals surface area contributed by atoms with Gasteiger partial charge in [-0.3, -0.25) is 9.69 Å². The summed E-state index contributed by atoms with van der Waals surface area (Å²) in [5, 5.41) is 9.98. The molecule has 0 spiro atoms. The fraction of sp³-hybridized carbons (Fsp3) is 0.217. The van der Waals surface area contributed by atoms with Gasteiger partial charge in [-0.05, 0) is 48.9 Å². The average Bonchev–Trinajstić information content (AvgIpc) is 2.74. The summed E-state index contributed by atoms with van der Waals surface area (Å²) >= 11 is 1.66. The molecule has 0 amide bonds. The van der Waals surface area contributed by atoms with Crippen LogP contribution in [0.3, 0.4) is 0 Å². The van der Waals surface area contributed by atoms with E-state index in [0.29, 0.717) is 17.8 Å². The first-order chi connectivity index (χ1) is 13.7. The molecular weight excluding hydrogens is 366 g/mol. The van der Waals surface area contributed by atoms with Crippen LogP contribution in [-0.2, 0) is 4.79 Å². The molecule has 0 bridgehead atoms. The Morgan fingerprint density at radius 2 is 1.82 bits per heavy atom. The largest absolute Gasteiger partial charge is 0.384 e. The summed E-state index contributed by atoms with van der Waals surface area (Å²) in [7, 11) is 0. The first-order valence-electron chi connectivity index (χ1n) is 9.30. The lowest BCUT2D eigenvalue weighted by Crippen LogP contribution is -2.38. The van der Waals surface area contributed by atoms with Crippen LogP contribution in [-0.4, -0.2) is 12.0 Å². The van der Waals surface area contributed by atoms with Crippen LogP contribution in [0, 0.1) is 11.3 Å². The third kappa shape index (κ3) is 3.00. The van der Waals surface area contributed by atoms with Crippen LogP contribution in [0.2, 0.25) is 0 Å². The number of Topliss-reactive ketones (excluding diaryl/α,β-unsaturated/α-hetero) is 1. The van der Waals surface area contributed by atoms with Gasteiger partial charge in [0, 0.05) is 28.3 Å². The van der Waals surface area contributed by atoms with E-state index in [4.69, 9.17) is 5.73 Å². The smallest absolute Gasteiger partial charge is 0.161 e. The highest BCUT2D eigenvalue weighted by molar-refractivity contribution is 7.98. The highest BCUT2D eigenvalue weighted by atomic mass is 32.2. The summed E-state index contributed by atoms with van der Waals surface area (Å²) in [6.45, 7) is 0. The van der Waals surface area contributed by atoms with Gasteiger partial charge in [0.2, 0.25) is 0 Å². The van der Waals surface area contributed by atoms with Gasteiger partial charge in [-0.1, -0.05) is 30.3 Å². The zero-order chi connectivity index (χ0) is 19.7. The average molecular weight is 388 g/mol. The minimum Gasteiger partial charge on any atom is -0.384 e. The van der Waals surface area contributed by atoms with E-state index in [-0.39, 0.29) is 5.78 Å². The summed E-state index contributed by atoms with van der Waals surface area (Å²) in [6, 6.07) is 20.1. The molecule has 1 heterocycles. The third-order valence-electron chi connectivity index (χ3n) is 5.38. The summed E-state index contributed by atoms with van der Waals surface area (Å²) in [6.07, 6.45) is 4.11. The van der Waals surface area contributed by atoms with Crippen molar-refractivity contribution in [2.45, 2.75) is 30.1 Å². The minimum atomic E-state index is -0.399. The van der Waals surface area contributed by atoms with Gasteiger partial charge >= 0.3 is 0 Å². The number of nitrogens with two attached hydrogens (primary N) is 1. The molecule has 0 saturated heterocycles. The Morgan fingerprint density at radius 3 is 2.46 bits per heavy atom. The number of carbonyl (C=O) groups excluding carboxylic acids is 1. The molecule has 1 aliphatic heterocycles. The minimum absolute atomic E-state index is 0.112. The van der Waals surface area contributed by atoms with Gasteiger partial charge in [0.25, 0.3) is 0 Å². The lowest BCUT2D eigenvalue weighted by Gasteiger charge is -2.39. The van der Waals surface area contributed by atoms with Crippen molar-refractivity contribution in [2.24, 2.45) is 5.73 Å². The molecule has 2 aromatic carbocycles. The van der Waals surface area contributed by atoms with Crippen LogP contribution >= 0.6 is 11.8 Å². The number of nitriles is 1. The Morgan fingerprint density at radius 1 is 1.11 bits per heavy atom. The molecule has 140 valence electrons. The van der Waals surface area contributed by atoms with Crippen molar-refractivity contribution in [3.05, 3.63) is 82.8 Å². The Hall–Kier alpha value is -2.97. The standard InChI is InChI=1S/C23H21N3OS/c1-28-17-12-10-15(11-13-17)21-18(14-24)23(25)26(16-6-3-2-4-7-16)19-8-5-9-20(27)22(19)21/h2-4,6-7,10-13,21H,5,8-9,25H2,1H3/t21-/m0/s1. The number of nitrogens with zero attached hydrogens (tertiary/aromatic N) is 2. The highest BCUT2D eigenvalue weighted by Gasteiger charge is 2.40. The summed E-state index contributed by atoms with van der Waals surface area (Å²) < 4.78 is 0. The Labute approximate surface area is 169 Å². The summed E-state index contributed by atoms with van der Waals surface area (Å²) in [4.78, 5) is 16.1. The maximum absolute atomic E-state index is 13.0. The van der Waals surface area contributed by atoms with Gasteiger partial charge in [-0.25, -0.2) is 0 Å². The second-order valence-electron chi connectivity index (χ2n) is 6.92. The number of ketones is 1. The van der Waals surface area contributed by atoms with Crippen LogP contribution < -0.4 is 10.6 Å². The fourth-order valence-electron chi connectivity index (χ4n) is 4.09. The number of allylic oxidation sites excluding steroid dienone is 3. The molecule has 0 aromatic heterocycles. The number of rotatable bonds is 3. The maximum Gasteiger partial charge on any atom is 0.161 e. The molecule has 0 unspecified atom stereocenters. The number of anilines is 1. The van der Waals surface area contributed by atoms with Gasteiger partial charge < -0.3 is 5.73 Å². The molecule has 2 aliphatic rings. The number of benzene rings is 2. The van der Waals surface area contributed by atoms with Crippen molar-refractivity contribution < 1.29 is 4.79 Å². The van der Waals surface area contributed by atoms with E-state index in [9.17, 15) is 10.1 Å². The molecule has 0 saturated carbocycles. The van der Waals surface area contributed by atoms with E-state index in [1.807, 2.05) is 65.8 Å². The second-order valence-corrected chi connectivity index (χ2v) is 7.80. The summed E-state index contributed by atoms with van der Waals surface area (Å²) in [5.41, 5.74) is 10.4. The summed E-state index contributed by atoms with van der Waals surface area (Å²) in [5.74, 6) is 0.131. The zero-order valence-corrected chi connectivity index (χ0v) is 16.5. The van der Waals surface area contributed by atoms with E-state index < -0.39 is 5.92 Å². The number of carbonyl (C=O) groups is 1. The van der Waals surface area contributed by atoms with Crippen LogP contribution in [0.15, 0.2) is 82.2 Å². The van der Waals surface area contributed by atoms with Crippen molar-refractivity contribution in [2.75, 3.05) is 11.2 Å². The number of thioether (sulfide) groups is 1. The number of hydrogen-bond acceptors (Lipinski definition) is 5. The first-order valence-corrected chi connectivity index (χ1v) is 10.5. The lowest BCUT2D eigenvalue weighted by molar-refractivity contribution is -0.116. The van der Waals surface area contributed by atoms with Crippen molar-refractivity contribution >= 4 is 23.2 Å². The van der Waals surface area contributed by atoms with Crippen LogP contribution in [0.1, 0.15) is 30.7 Å². The van der Waals surface area contributed by atoms with Crippen LogP contribution in [0.4, 0.5) is 5.69 Å². The molecular formula is C23H21N3OS. The fourth-order valence-corrected chi connectivity index (χ4v) is 4.50. The topological polar surface area (TPSA) is 70.1 Å². The van der Waals surface area contributed by atoms with E-state index in [0.717, 1.165) is 40.3 Å². The van der Waals surface area contributed by atoms with Crippen molar-refractivity contribution in [1.82, 2.24) is 0 Å². The maximum atomic E-state index is 13.0. The molecule has 1 aliphatic carbocycles. The van der Waals surface area contributed by atoms with E-state index >= 15 is 0 Å². The Kier molecular flexibility index (Phi) is 4.97. The Balaban J connectivity index is 1.93. The monoisotopic (exact) mass is 387 g/mol. The molecule has 4 rings (SSSR count). The van der Waals surface area contributed by atoms with Gasteiger partial charge in [-0.2, -0.15) is 5.26 Å². The van der Waals surface area contributed by atoms with Gasteiger partial charge in [0.05, 0.1) is 17.6 Å². The van der Waals surface area contributed by atoms with Gasteiger partial charge in [-0.15, -0.1) is 11.8 Å². The van der Waals surface area contributed by atoms with Crippen molar-refractivity contribution in [1.29, 1.82) is 5.26 Å². The van der Waals surface area contributed by atoms with Crippen LogP contribution in [0.5, 0.6) is 0 Å². The molecule has 1 atom stereocenters. The molecule has 28 heavy (non-hydrogen) atoms. The van der Waals surface area contributed by atoms with E-state index in [1.165, 1.54) is 0 Å². The van der Waals surface area contributed by atoms with Crippen molar-refractivity contribution in [3.8, 4) is 6.07 Å². The van der Waals surface area contributed by atoms with E-state index in [1.54, 1.807) is 11.8 Å². The molecule has 4 nitrogen and oxygen atoms in total. The third-order valence-corrected chi connectivity index (χ3v) is 6.12. The quantitative estimate of drug-likeness (QED) is 0.772. The second kappa shape index (κ2) is 7.57. The number of para-hydroxylation sites is 1. The zero-order valence-electron chi connectivity index (χ0n) is 15.7. The number of hydrogen-bond donors (Lipinski definition) is 1. The molecule has 0 fully saturated rings. The normalized spacial score (nSPS) is 19.5. The first kappa shape index (κ1) is 18.4. The van der Waals surface area contributed by atoms with Gasteiger partial charge in [0.15, 0.2) is 5.78 Å². The molecule has 5 heteroatoms. The molecule has 0 radical (unpaired) electrons. The van der Waals surface area contributed by atoms with Gasteiger partial charge in [0.1, 0.15) is 5.82 Å².